The summed E-state index contributed by atoms with van der Waals surface area (Å²) < 4.78 is 5.46. The second kappa shape index (κ2) is 28.8. The van der Waals surface area contributed by atoms with Crippen molar-refractivity contribution in [3.05, 3.63) is 329 Å². The van der Waals surface area contributed by atoms with E-state index in [0.717, 1.165) is 56.6 Å². The number of benzene rings is 19. The van der Waals surface area contributed by atoms with Gasteiger partial charge in [0.05, 0.1) is 33.4 Å². The Labute approximate surface area is 799 Å². The Morgan fingerprint density at radius 1 is 0.193 bits per heavy atom. The molecule has 0 spiro atoms. The standard InChI is InChI=1S/C130H127BN4/c1-122(2,3)78-54-50-76(51-55-78)95-64-81(125(10,11)12)65-96(77-52-56-79(57-53-77)123(4,5)6)121(95)135-104-69-84(133-107-72-99(129(22,23)24)91-48-36-44-87-88-45-37-49-92-100(130(25,26)27)73-108(133)118(114(88)92)117(107)113(87)91)59-61-102(104)131-101-60-58-83(132-105-70-97(127(16,17)18)89-46-34-42-85-86-43-35-47-90-98(128(19,20)21)71-106(132)116(112(86)90)115(105)111(85)89)68-103(101)134(109-66-82(126(13,14)15)67-110(135)119(109)131)120-93(74-38-30-28-31-39-74)62-80(124(7,8)9)63-94(120)75-40-32-29-33-41-75/h28-73H,1-27H3. The van der Waals surface area contributed by atoms with Gasteiger partial charge in [0.25, 0.3) is 6.71 Å². The van der Waals surface area contributed by atoms with E-state index in [4.69, 9.17) is 0 Å². The summed E-state index contributed by atoms with van der Waals surface area (Å²) in [6.07, 6.45) is 0. The molecule has 4 nitrogen and oxygen atoms in total. The minimum absolute atomic E-state index is 0.0925. The summed E-state index contributed by atoms with van der Waals surface area (Å²) in [6.45, 7) is 64.6. The highest BCUT2D eigenvalue weighted by molar-refractivity contribution is 7.00. The maximum Gasteiger partial charge on any atom is 0.252 e. The molecule has 0 radical (unpaired) electrons. The van der Waals surface area contributed by atoms with Gasteiger partial charge in [0.15, 0.2) is 0 Å². The first kappa shape index (κ1) is 86.2. The molecule has 23 rings (SSSR count). The van der Waals surface area contributed by atoms with Crippen molar-refractivity contribution in [1.29, 1.82) is 0 Å². The third kappa shape index (κ3) is 13.0. The molecule has 0 amide bonds. The first-order chi connectivity index (χ1) is 63.7. The van der Waals surface area contributed by atoms with Crippen molar-refractivity contribution in [2.75, 3.05) is 9.80 Å². The molecule has 670 valence electrons. The van der Waals surface area contributed by atoms with E-state index in [1.165, 1.54) is 208 Å². The van der Waals surface area contributed by atoms with Crippen LogP contribution in [0.5, 0.6) is 0 Å². The lowest BCUT2D eigenvalue weighted by molar-refractivity contribution is 0.590. The molecule has 21 aromatic rings. The van der Waals surface area contributed by atoms with Gasteiger partial charge in [-0.15, -0.1) is 0 Å². The Morgan fingerprint density at radius 3 is 0.704 bits per heavy atom. The van der Waals surface area contributed by atoms with E-state index in [1.807, 2.05) is 0 Å². The molecule has 5 heteroatoms. The van der Waals surface area contributed by atoms with Crippen molar-refractivity contribution in [3.63, 3.8) is 0 Å². The fourth-order valence-electron chi connectivity index (χ4n) is 23.9. The highest BCUT2D eigenvalue weighted by Gasteiger charge is 2.48. The van der Waals surface area contributed by atoms with E-state index < -0.39 is 5.41 Å². The Hall–Kier alpha value is -13.0. The summed E-state index contributed by atoms with van der Waals surface area (Å²) in [7, 11) is 0. The lowest BCUT2D eigenvalue weighted by Gasteiger charge is -2.47. The highest BCUT2D eigenvalue weighted by atomic mass is 15.2. The van der Waals surface area contributed by atoms with E-state index in [-0.39, 0.29) is 50.0 Å². The van der Waals surface area contributed by atoms with Gasteiger partial charge in [-0.25, -0.2) is 0 Å². The number of fused-ring (bicyclic) bond motifs is 6. The van der Waals surface area contributed by atoms with Crippen LogP contribution in [0.15, 0.2) is 279 Å². The summed E-state index contributed by atoms with van der Waals surface area (Å²) in [4.78, 5) is 5.67. The van der Waals surface area contributed by atoms with Gasteiger partial charge in [0, 0.05) is 77.9 Å². The first-order valence-electron chi connectivity index (χ1n) is 49.5. The normalized spacial score (nSPS) is 14.0. The first-order valence-corrected chi connectivity index (χ1v) is 49.5. The fraction of sp³-hybridized carbons (Fsp3) is 0.277. The van der Waals surface area contributed by atoms with E-state index in [1.54, 1.807) is 0 Å². The van der Waals surface area contributed by atoms with Crippen LogP contribution >= 0.6 is 0 Å². The molecule has 4 heterocycles. The number of nitrogens with zero attached hydrogens (tertiary/aromatic N) is 4. The van der Waals surface area contributed by atoms with Gasteiger partial charge < -0.3 is 18.9 Å². The minimum Gasteiger partial charge on any atom is -0.310 e. The molecule has 0 fully saturated rings. The average molecular weight is 1760 g/mol. The number of hydrogen-bond donors (Lipinski definition) is 0. The number of hydrogen-bond acceptors (Lipinski definition) is 2. The van der Waals surface area contributed by atoms with Crippen LogP contribution < -0.4 is 26.2 Å². The van der Waals surface area contributed by atoms with Gasteiger partial charge in [-0.05, 0) is 287 Å². The van der Waals surface area contributed by atoms with Crippen molar-refractivity contribution in [1.82, 2.24) is 9.13 Å². The molecule has 2 aromatic heterocycles. The summed E-state index contributed by atoms with van der Waals surface area (Å²) >= 11 is 0. The smallest absolute Gasteiger partial charge is 0.252 e. The average Bonchev–Trinajstić information content (AvgIpc) is 1.51. The summed E-state index contributed by atoms with van der Waals surface area (Å²) in [5.41, 5.74) is 37.0. The number of anilines is 6. The zero-order valence-electron chi connectivity index (χ0n) is 84.4. The lowest BCUT2D eigenvalue weighted by Crippen LogP contribution is -2.61. The second-order valence-electron chi connectivity index (χ2n) is 49.4. The Bertz CT molecular complexity index is 8090. The molecule has 2 aliphatic heterocycles. The van der Waals surface area contributed by atoms with Gasteiger partial charge in [0.1, 0.15) is 0 Å². The van der Waals surface area contributed by atoms with Crippen LogP contribution in [0.25, 0.3) is 164 Å². The number of rotatable bonds is 8. The van der Waals surface area contributed by atoms with Crippen LogP contribution in [0.3, 0.4) is 0 Å². The second-order valence-corrected chi connectivity index (χ2v) is 49.4. The zero-order valence-corrected chi connectivity index (χ0v) is 84.4. The summed E-state index contributed by atoms with van der Waals surface area (Å²) in [6, 6.07) is 113. The van der Waals surface area contributed by atoms with Gasteiger partial charge in [-0.3, -0.25) is 0 Å². The van der Waals surface area contributed by atoms with E-state index in [0.29, 0.717) is 0 Å². The third-order valence-electron chi connectivity index (χ3n) is 31.0. The summed E-state index contributed by atoms with van der Waals surface area (Å²) in [5.74, 6) is 0. The molecule has 0 N–H and O–H groups in total. The monoisotopic (exact) mass is 1760 g/mol. The van der Waals surface area contributed by atoms with Crippen LogP contribution in [-0.2, 0) is 48.7 Å². The molecule has 0 unspecified atom stereocenters. The topological polar surface area (TPSA) is 16.3 Å². The molecule has 0 aliphatic carbocycles. The van der Waals surface area contributed by atoms with Gasteiger partial charge >= 0.3 is 0 Å². The van der Waals surface area contributed by atoms with Crippen LogP contribution in [0, 0.1) is 0 Å². The zero-order chi connectivity index (χ0) is 94.6. The van der Waals surface area contributed by atoms with Gasteiger partial charge in [0.2, 0.25) is 0 Å². The lowest BCUT2D eigenvalue weighted by atomic mass is 9.33. The molecule has 0 bridgehead atoms. The van der Waals surface area contributed by atoms with Gasteiger partial charge in [-0.2, -0.15) is 0 Å². The van der Waals surface area contributed by atoms with E-state index in [9.17, 15) is 0 Å². The maximum absolute atomic E-state index is 2.84. The molecule has 0 atom stereocenters. The Balaban J connectivity index is 0.930. The Kier molecular flexibility index (Phi) is 18.4. The van der Waals surface area contributed by atoms with Crippen LogP contribution in [0.4, 0.5) is 34.1 Å². The van der Waals surface area contributed by atoms with E-state index >= 15 is 0 Å². The molecule has 19 aromatic carbocycles. The molecular weight excluding hydrogens is 1630 g/mol. The van der Waals surface area contributed by atoms with Crippen molar-refractivity contribution in [2.45, 2.75) is 236 Å². The van der Waals surface area contributed by atoms with E-state index in [2.05, 4.69) is 485 Å². The largest absolute Gasteiger partial charge is 0.310 e. The van der Waals surface area contributed by atoms with Crippen molar-refractivity contribution in [3.8, 4) is 55.9 Å². The molecule has 0 saturated carbocycles. The molecule has 2 aliphatic rings. The SMILES string of the molecule is CC(C)(C)c1ccc(-c2cc(C(C)(C)C)cc(-c3ccc(C(C)(C)C)cc3)c2N2c3cc(-n4c5cc(C(C)(C)C)c6cccc7c8cccc9c(C(C)(C)C)cc4c(c98)c5c67)ccc3B3c4ccc(-n5c6cc(C(C)(C)C)c7cccc8c9cccc%10c(C(C)(C)C)cc5c(c%109)c6c78)cc4N(c4c(-c5ccccc5)cc(C(C)(C)C)cc4-c4ccccc4)c4cc(C(C)(C)C)cc2c43)cc1. The maximum atomic E-state index is 2.84. The van der Waals surface area contributed by atoms with Crippen molar-refractivity contribution in [2.24, 2.45) is 0 Å². The summed E-state index contributed by atoms with van der Waals surface area (Å²) in [5, 5.41) is 21.3. The predicted molar refractivity (Wildman–Crippen MR) is 589 cm³/mol. The Morgan fingerprint density at radius 2 is 0.444 bits per heavy atom. The molecule has 135 heavy (non-hydrogen) atoms. The molecule has 0 saturated heterocycles. The highest BCUT2D eigenvalue weighted by Crippen LogP contribution is 2.60. The quantitative estimate of drug-likeness (QED) is 0.0856. The van der Waals surface area contributed by atoms with Crippen molar-refractivity contribution < 1.29 is 0 Å². The van der Waals surface area contributed by atoms with Crippen LogP contribution in [0.1, 0.15) is 237 Å². The van der Waals surface area contributed by atoms with Crippen LogP contribution in [0.2, 0.25) is 0 Å². The fourth-order valence-corrected chi connectivity index (χ4v) is 23.9. The van der Waals surface area contributed by atoms with Crippen LogP contribution in [-0.4, -0.2) is 15.8 Å². The van der Waals surface area contributed by atoms with Gasteiger partial charge in [-0.1, -0.05) is 381 Å². The third-order valence-corrected chi connectivity index (χ3v) is 31.0. The number of aromatic nitrogens is 2. The molecular formula is C130H127BN4. The van der Waals surface area contributed by atoms with Crippen molar-refractivity contribution >= 4 is 165 Å². The predicted octanol–water partition coefficient (Wildman–Crippen LogP) is 35.0. The minimum atomic E-state index is -0.404.